The molecule has 1 atom stereocenters. The summed E-state index contributed by atoms with van der Waals surface area (Å²) in [4.78, 5) is 3.86. The normalized spacial score (nSPS) is 12.0. The molecule has 1 unspecified atom stereocenters. The van der Waals surface area contributed by atoms with Crippen LogP contribution < -0.4 is 14.8 Å². The van der Waals surface area contributed by atoms with Gasteiger partial charge in [0.05, 0.1) is 20.4 Å². The van der Waals surface area contributed by atoms with Gasteiger partial charge in [0.1, 0.15) is 17.3 Å². The number of nitrogens with zero attached hydrogens (tertiary/aromatic N) is 1. The fraction of sp³-hybridized carbons (Fsp3) is 0.312. The molecule has 0 bridgehead atoms. The Kier molecular flexibility index (Phi) is 5.11. The summed E-state index contributed by atoms with van der Waals surface area (Å²) in [7, 11) is 3.24. The van der Waals surface area contributed by atoms with Crippen LogP contribution in [0.2, 0.25) is 0 Å². The largest absolute Gasteiger partial charge is 0.497 e. The lowest BCUT2D eigenvalue weighted by atomic mass is 10.1. The molecule has 5 heteroatoms. The van der Waals surface area contributed by atoms with Crippen LogP contribution in [0.4, 0.5) is 4.39 Å². The van der Waals surface area contributed by atoms with Gasteiger partial charge in [0.2, 0.25) is 0 Å². The van der Waals surface area contributed by atoms with Gasteiger partial charge in [-0.3, -0.25) is 4.98 Å². The molecule has 0 fully saturated rings. The molecule has 4 nitrogen and oxygen atoms in total. The molecule has 0 spiro atoms. The van der Waals surface area contributed by atoms with Gasteiger partial charge in [-0.05, 0) is 24.6 Å². The van der Waals surface area contributed by atoms with E-state index < -0.39 is 0 Å². The van der Waals surface area contributed by atoms with Crippen LogP contribution in [-0.4, -0.2) is 19.2 Å². The molecule has 0 amide bonds. The molecular formula is C16H19FN2O2. The van der Waals surface area contributed by atoms with Gasteiger partial charge in [-0.25, -0.2) is 4.39 Å². The Hall–Kier alpha value is -2.14. The Morgan fingerprint density at radius 1 is 1.19 bits per heavy atom. The standard InChI is InChI=1S/C16H19FN2O2/c1-11(13-6-14(17)10-18-8-13)19-9-12-4-5-15(20-2)7-16(12)21-3/h4-8,10-11,19H,9H2,1-3H3. The van der Waals surface area contributed by atoms with Crippen molar-refractivity contribution in [2.24, 2.45) is 0 Å². The fourth-order valence-electron chi connectivity index (χ4n) is 2.04. The highest BCUT2D eigenvalue weighted by molar-refractivity contribution is 5.40. The van der Waals surface area contributed by atoms with Crippen LogP contribution in [0.3, 0.4) is 0 Å². The monoisotopic (exact) mass is 290 g/mol. The lowest BCUT2D eigenvalue weighted by Gasteiger charge is -2.16. The minimum Gasteiger partial charge on any atom is -0.497 e. The number of hydrogen-bond donors (Lipinski definition) is 1. The third kappa shape index (κ3) is 3.92. The average Bonchev–Trinajstić information content (AvgIpc) is 2.52. The smallest absolute Gasteiger partial charge is 0.141 e. The van der Waals surface area contributed by atoms with E-state index in [0.29, 0.717) is 6.54 Å². The molecule has 112 valence electrons. The summed E-state index contributed by atoms with van der Waals surface area (Å²) < 4.78 is 23.7. The maximum atomic E-state index is 13.2. The lowest BCUT2D eigenvalue weighted by molar-refractivity contribution is 0.389. The number of nitrogens with one attached hydrogen (secondary N) is 1. The summed E-state index contributed by atoms with van der Waals surface area (Å²) in [5.41, 5.74) is 1.82. The van der Waals surface area contributed by atoms with Crippen molar-refractivity contribution in [1.82, 2.24) is 10.3 Å². The van der Waals surface area contributed by atoms with E-state index in [4.69, 9.17) is 9.47 Å². The molecule has 1 heterocycles. The van der Waals surface area contributed by atoms with Gasteiger partial charge in [-0.2, -0.15) is 0 Å². The topological polar surface area (TPSA) is 43.4 Å². The molecular weight excluding hydrogens is 271 g/mol. The van der Waals surface area contributed by atoms with Crippen molar-refractivity contribution in [3.05, 3.63) is 53.6 Å². The first-order valence-corrected chi connectivity index (χ1v) is 6.68. The van der Waals surface area contributed by atoms with E-state index in [1.54, 1.807) is 20.4 Å². The van der Waals surface area contributed by atoms with Crippen LogP contribution in [0.25, 0.3) is 0 Å². The van der Waals surface area contributed by atoms with Gasteiger partial charge < -0.3 is 14.8 Å². The van der Waals surface area contributed by atoms with Crippen LogP contribution in [-0.2, 0) is 6.54 Å². The van der Waals surface area contributed by atoms with E-state index in [2.05, 4.69) is 10.3 Å². The minimum atomic E-state index is -0.330. The summed E-state index contributed by atoms with van der Waals surface area (Å²) in [5, 5.41) is 3.33. The molecule has 0 aliphatic rings. The summed E-state index contributed by atoms with van der Waals surface area (Å²) in [6.45, 7) is 2.57. The van der Waals surface area contributed by atoms with Crippen LogP contribution >= 0.6 is 0 Å². The zero-order chi connectivity index (χ0) is 15.2. The molecule has 0 aliphatic carbocycles. The Bertz CT molecular complexity index is 605. The summed E-state index contributed by atoms with van der Waals surface area (Å²) in [6.07, 6.45) is 2.86. The summed E-state index contributed by atoms with van der Waals surface area (Å²) in [6, 6.07) is 7.14. The van der Waals surface area contributed by atoms with Crippen molar-refractivity contribution in [2.45, 2.75) is 19.5 Å². The first kappa shape index (κ1) is 15.3. The predicted octanol–water partition coefficient (Wildman–Crippen LogP) is 3.09. The number of halogens is 1. The van der Waals surface area contributed by atoms with Gasteiger partial charge in [-0.1, -0.05) is 6.07 Å². The molecule has 1 aromatic carbocycles. The Balaban J connectivity index is 2.05. The van der Waals surface area contributed by atoms with Crippen molar-refractivity contribution >= 4 is 0 Å². The van der Waals surface area contributed by atoms with Gasteiger partial charge >= 0.3 is 0 Å². The second kappa shape index (κ2) is 7.04. The molecule has 0 aliphatic heterocycles. The molecule has 21 heavy (non-hydrogen) atoms. The minimum absolute atomic E-state index is 0.0139. The number of pyridine rings is 1. The molecule has 1 aromatic heterocycles. The van der Waals surface area contributed by atoms with E-state index >= 15 is 0 Å². The molecule has 2 aromatic rings. The van der Waals surface area contributed by atoms with Gasteiger partial charge in [0.25, 0.3) is 0 Å². The van der Waals surface area contributed by atoms with Crippen molar-refractivity contribution in [3.8, 4) is 11.5 Å². The van der Waals surface area contributed by atoms with Crippen LogP contribution in [0.15, 0.2) is 36.7 Å². The van der Waals surface area contributed by atoms with Gasteiger partial charge in [-0.15, -0.1) is 0 Å². The van der Waals surface area contributed by atoms with Crippen molar-refractivity contribution < 1.29 is 13.9 Å². The number of ether oxygens (including phenoxy) is 2. The fourth-order valence-corrected chi connectivity index (χ4v) is 2.04. The van der Waals surface area contributed by atoms with Gasteiger partial charge in [0.15, 0.2) is 0 Å². The quantitative estimate of drug-likeness (QED) is 0.888. The third-order valence-corrected chi connectivity index (χ3v) is 3.32. The van der Waals surface area contributed by atoms with Crippen LogP contribution in [0, 0.1) is 5.82 Å². The Morgan fingerprint density at radius 3 is 2.67 bits per heavy atom. The zero-order valence-electron chi connectivity index (χ0n) is 12.4. The van der Waals surface area contributed by atoms with Gasteiger partial charge in [0, 0.05) is 30.4 Å². The predicted molar refractivity (Wildman–Crippen MR) is 79.0 cm³/mol. The SMILES string of the molecule is COc1ccc(CNC(C)c2cncc(F)c2)c(OC)c1. The number of methoxy groups -OCH3 is 2. The van der Waals surface area contributed by atoms with E-state index in [1.807, 2.05) is 25.1 Å². The highest BCUT2D eigenvalue weighted by atomic mass is 19.1. The van der Waals surface area contributed by atoms with Crippen LogP contribution in [0.5, 0.6) is 11.5 Å². The number of aromatic nitrogens is 1. The van der Waals surface area contributed by atoms with Crippen molar-refractivity contribution in [2.75, 3.05) is 14.2 Å². The maximum absolute atomic E-state index is 13.2. The second-order valence-electron chi connectivity index (χ2n) is 4.72. The number of rotatable bonds is 6. The summed E-state index contributed by atoms with van der Waals surface area (Å²) >= 11 is 0. The van der Waals surface area contributed by atoms with E-state index in [-0.39, 0.29) is 11.9 Å². The number of hydrogen-bond acceptors (Lipinski definition) is 4. The van der Waals surface area contributed by atoms with E-state index in [1.165, 1.54) is 12.3 Å². The van der Waals surface area contributed by atoms with Crippen molar-refractivity contribution in [1.29, 1.82) is 0 Å². The van der Waals surface area contributed by atoms with E-state index in [0.717, 1.165) is 22.6 Å². The molecule has 0 radical (unpaired) electrons. The van der Waals surface area contributed by atoms with Crippen molar-refractivity contribution in [3.63, 3.8) is 0 Å². The average molecular weight is 290 g/mol. The number of benzene rings is 1. The van der Waals surface area contributed by atoms with Crippen LogP contribution in [0.1, 0.15) is 24.1 Å². The zero-order valence-corrected chi connectivity index (χ0v) is 12.4. The first-order chi connectivity index (χ1) is 10.1. The maximum Gasteiger partial charge on any atom is 0.141 e. The highest BCUT2D eigenvalue weighted by Gasteiger charge is 2.09. The Labute approximate surface area is 123 Å². The third-order valence-electron chi connectivity index (χ3n) is 3.32. The molecule has 0 saturated heterocycles. The first-order valence-electron chi connectivity index (χ1n) is 6.68. The molecule has 1 N–H and O–H groups in total. The summed E-state index contributed by atoms with van der Waals surface area (Å²) in [5.74, 6) is 1.17. The molecule has 2 rings (SSSR count). The highest BCUT2D eigenvalue weighted by Crippen LogP contribution is 2.25. The van der Waals surface area contributed by atoms with E-state index in [9.17, 15) is 4.39 Å². The Morgan fingerprint density at radius 2 is 2.00 bits per heavy atom. The molecule has 0 saturated carbocycles. The lowest BCUT2D eigenvalue weighted by Crippen LogP contribution is -2.18. The second-order valence-corrected chi connectivity index (χ2v) is 4.72.